The molecule has 1 saturated carbocycles. The quantitative estimate of drug-likeness (QED) is 0.622. The van der Waals surface area contributed by atoms with E-state index in [1.165, 1.54) is 13.0 Å². The van der Waals surface area contributed by atoms with Crippen LogP contribution < -0.4 is 10.2 Å². The van der Waals surface area contributed by atoms with Gasteiger partial charge in [0.25, 0.3) is 0 Å². The molecule has 2 aromatic rings. The summed E-state index contributed by atoms with van der Waals surface area (Å²) in [7, 11) is 0. The molecule has 1 aliphatic carbocycles. The molecule has 4 rings (SSSR count). The van der Waals surface area contributed by atoms with Crippen molar-refractivity contribution in [3.63, 3.8) is 0 Å². The minimum Gasteiger partial charge on any atom is -0.492 e. The Hall–Kier alpha value is -3.62. The first-order valence-corrected chi connectivity index (χ1v) is 11.5. The lowest BCUT2D eigenvalue weighted by Gasteiger charge is -2.45. The van der Waals surface area contributed by atoms with E-state index in [0.29, 0.717) is 5.56 Å². The van der Waals surface area contributed by atoms with Crippen LogP contribution in [0, 0.1) is 11.8 Å². The third-order valence-electron chi connectivity index (χ3n) is 6.36. The zero-order valence-corrected chi connectivity index (χ0v) is 19.5. The number of nitrogens with zero attached hydrogens (tertiary/aromatic N) is 2. The Kier molecular flexibility index (Phi) is 6.72. The highest BCUT2D eigenvalue weighted by atomic mass is 16.5. The summed E-state index contributed by atoms with van der Waals surface area (Å²) in [5.74, 6) is -1.34. The van der Waals surface area contributed by atoms with E-state index >= 15 is 0 Å². The van der Waals surface area contributed by atoms with Gasteiger partial charge in [0.1, 0.15) is 12.3 Å². The van der Waals surface area contributed by atoms with Crippen molar-refractivity contribution < 1.29 is 29.0 Å². The van der Waals surface area contributed by atoms with E-state index in [9.17, 15) is 19.5 Å². The van der Waals surface area contributed by atoms with E-state index < -0.39 is 24.0 Å². The van der Waals surface area contributed by atoms with E-state index in [4.69, 9.17) is 9.47 Å². The highest BCUT2D eigenvalue weighted by Gasteiger charge is 2.49. The number of alkyl carbamates (subject to hydrolysis) is 1. The average Bonchev–Trinajstić information content (AvgIpc) is 3.65. The topological polar surface area (TPSA) is 118 Å². The lowest BCUT2D eigenvalue weighted by Crippen LogP contribution is -2.53. The first-order chi connectivity index (χ1) is 16.3. The maximum absolute atomic E-state index is 12.8. The molecule has 34 heavy (non-hydrogen) atoms. The van der Waals surface area contributed by atoms with Gasteiger partial charge >= 0.3 is 12.1 Å². The summed E-state index contributed by atoms with van der Waals surface area (Å²) in [6.45, 7) is 5.30. The summed E-state index contributed by atoms with van der Waals surface area (Å²) in [5.41, 5.74) is 1.39. The van der Waals surface area contributed by atoms with E-state index in [1.807, 2.05) is 37.3 Å². The number of amides is 2. The van der Waals surface area contributed by atoms with Crippen molar-refractivity contribution in [2.75, 3.05) is 11.5 Å². The van der Waals surface area contributed by atoms with E-state index in [2.05, 4.69) is 10.3 Å². The van der Waals surface area contributed by atoms with Gasteiger partial charge in [-0.05, 0) is 37.3 Å². The molecule has 0 radical (unpaired) electrons. The van der Waals surface area contributed by atoms with Gasteiger partial charge in [0.15, 0.2) is 5.69 Å². The van der Waals surface area contributed by atoms with Gasteiger partial charge in [-0.15, -0.1) is 0 Å². The minimum absolute atomic E-state index is 0.0943. The van der Waals surface area contributed by atoms with Crippen LogP contribution >= 0.6 is 0 Å². The number of rotatable bonds is 6. The molecule has 9 nitrogen and oxygen atoms in total. The fraction of sp³-hybridized carbons (Fsp3) is 0.440. The first-order valence-electron chi connectivity index (χ1n) is 11.5. The molecular formula is C25H29N3O6. The molecular weight excluding hydrogens is 438 g/mol. The standard InChI is InChI=1S/C25H29N3O6/c1-4-33-24(31)19-12-18-20(27-25(32)34-13-16-8-6-5-7-9-16)14(2)21(17-10-11-17)28(15(3)29)22(18)23(30)26-19/h5-9,12,14,17,20-21H,4,10-11,13H2,1-3H3,(H,26,30)(H,27,32). The van der Waals surface area contributed by atoms with Crippen LogP contribution in [0.15, 0.2) is 36.4 Å². The molecule has 3 atom stereocenters. The predicted octanol–water partition coefficient (Wildman–Crippen LogP) is 3.71. The maximum Gasteiger partial charge on any atom is 0.407 e. The van der Waals surface area contributed by atoms with Crippen molar-refractivity contribution in [2.24, 2.45) is 11.8 Å². The molecule has 2 aliphatic rings. The predicted molar refractivity (Wildman–Crippen MR) is 123 cm³/mol. The number of aromatic hydroxyl groups is 1. The molecule has 1 fully saturated rings. The molecule has 180 valence electrons. The van der Waals surface area contributed by atoms with E-state index in [-0.39, 0.29) is 48.4 Å². The summed E-state index contributed by atoms with van der Waals surface area (Å²) in [5, 5.41) is 13.7. The smallest absolute Gasteiger partial charge is 0.407 e. The molecule has 1 aliphatic heterocycles. The van der Waals surface area contributed by atoms with Gasteiger partial charge in [-0.25, -0.2) is 14.6 Å². The molecule has 0 bridgehead atoms. The van der Waals surface area contributed by atoms with Crippen molar-refractivity contribution in [3.05, 3.63) is 53.2 Å². The summed E-state index contributed by atoms with van der Waals surface area (Å²) >= 11 is 0. The fourth-order valence-corrected chi connectivity index (χ4v) is 4.75. The number of anilines is 1. The number of fused-ring (bicyclic) bond motifs is 1. The van der Waals surface area contributed by atoms with Crippen molar-refractivity contribution in [1.29, 1.82) is 0 Å². The van der Waals surface area contributed by atoms with Crippen LogP contribution in [0.25, 0.3) is 0 Å². The second kappa shape index (κ2) is 9.70. The molecule has 9 heteroatoms. The Morgan fingerprint density at radius 1 is 1.18 bits per heavy atom. The molecule has 0 saturated heterocycles. The molecule has 1 aromatic heterocycles. The number of carbonyl (C=O) groups excluding carboxylic acids is 3. The molecule has 0 spiro atoms. The van der Waals surface area contributed by atoms with Gasteiger partial charge < -0.3 is 24.8 Å². The molecule has 2 heterocycles. The number of esters is 1. The number of ether oxygens (including phenoxy) is 2. The monoisotopic (exact) mass is 467 g/mol. The van der Waals surface area contributed by atoms with Crippen molar-refractivity contribution in [1.82, 2.24) is 10.3 Å². The maximum atomic E-state index is 12.8. The zero-order chi connectivity index (χ0) is 24.4. The average molecular weight is 468 g/mol. The third-order valence-corrected chi connectivity index (χ3v) is 6.36. The van der Waals surface area contributed by atoms with Crippen LogP contribution in [-0.2, 0) is 20.9 Å². The van der Waals surface area contributed by atoms with Gasteiger partial charge in [-0.2, -0.15) is 0 Å². The number of aromatic nitrogens is 1. The summed E-state index contributed by atoms with van der Waals surface area (Å²) in [6, 6.07) is 9.95. The van der Waals surface area contributed by atoms with E-state index in [1.54, 1.807) is 11.8 Å². The SMILES string of the molecule is CCOC(=O)c1cc2c(c(O)n1)N(C(C)=O)C(C1CC1)C(C)C2NC(=O)OCc1ccccc1. The summed E-state index contributed by atoms with van der Waals surface area (Å²) in [4.78, 5) is 43.4. The summed E-state index contributed by atoms with van der Waals surface area (Å²) < 4.78 is 10.5. The number of hydrogen-bond acceptors (Lipinski definition) is 7. The van der Waals surface area contributed by atoms with Gasteiger partial charge in [0.05, 0.1) is 12.6 Å². The third kappa shape index (κ3) is 4.69. The van der Waals surface area contributed by atoms with Gasteiger partial charge in [-0.1, -0.05) is 37.3 Å². The Morgan fingerprint density at radius 2 is 1.88 bits per heavy atom. The minimum atomic E-state index is -0.697. The molecule has 2 N–H and O–H groups in total. The lowest BCUT2D eigenvalue weighted by molar-refractivity contribution is -0.117. The molecule has 1 aromatic carbocycles. The number of nitrogens with one attached hydrogen (secondary N) is 1. The van der Waals surface area contributed by atoms with Crippen LogP contribution in [0.4, 0.5) is 10.5 Å². The highest BCUT2D eigenvalue weighted by molar-refractivity contribution is 5.97. The van der Waals surface area contributed by atoms with Crippen molar-refractivity contribution in [2.45, 2.75) is 52.3 Å². The number of pyridine rings is 1. The van der Waals surface area contributed by atoms with E-state index in [0.717, 1.165) is 18.4 Å². The van der Waals surface area contributed by atoms with Crippen LogP contribution in [0.1, 0.15) is 61.3 Å². The van der Waals surface area contributed by atoms with Gasteiger partial charge in [0.2, 0.25) is 11.8 Å². The van der Waals surface area contributed by atoms with Gasteiger partial charge in [-0.3, -0.25) is 4.79 Å². The fourth-order valence-electron chi connectivity index (χ4n) is 4.75. The second-order valence-electron chi connectivity index (χ2n) is 8.75. The number of carbonyl (C=O) groups is 3. The summed E-state index contributed by atoms with van der Waals surface area (Å²) in [6.07, 6.45) is 1.27. The Balaban J connectivity index is 1.69. The van der Waals surface area contributed by atoms with Gasteiger partial charge in [0, 0.05) is 24.4 Å². The van der Waals surface area contributed by atoms with Crippen LogP contribution in [-0.4, -0.2) is 40.7 Å². The second-order valence-corrected chi connectivity index (χ2v) is 8.75. The van der Waals surface area contributed by atoms with Crippen molar-refractivity contribution >= 4 is 23.7 Å². The van der Waals surface area contributed by atoms with Crippen molar-refractivity contribution in [3.8, 4) is 5.88 Å². The lowest BCUT2D eigenvalue weighted by atomic mass is 9.80. The zero-order valence-electron chi connectivity index (χ0n) is 19.5. The Labute approximate surface area is 198 Å². The number of benzene rings is 1. The first kappa shape index (κ1) is 23.5. The molecule has 2 amide bonds. The van der Waals surface area contributed by atoms with Crippen LogP contribution in [0.5, 0.6) is 5.88 Å². The Morgan fingerprint density at radius 3 is 2.50 bits per heavy atom. The molecule has 3 unspecified atom stereocenters. The van der Waals surface area contributed by atoms with Crippen LogP contribution in [0.3, 0.4) is 0 Å². The van der Waals surface area contributed by atoms with Crippen LogP contribution in [0.2, 0.25) is 0 Å². The number of hydrogen-bond donors (Lipinski definition) is 2. The largest absolute Gasteiger partial charge is 0.492 e. The highest BCUT2D eigenvalue weighted by Crippen LogP contribution is 2.51. The Bertz CT molecular complexity index is 1090. The normalized spacial score (nSPS) is 21.4.